The summed E-state index contributed by atoms with van der Waals surface area (Å²) >= 11 is 0. The van der Waals surface area contributed by atoms with Crippen molar-refractivity contribution in [2.75, 3.05) is 0 Å². The normalized spacial score (nSPS) is 10.1. The van der Waals surface area contributed by atoms with Crippen molar-refractivity contribution in [1.82, 2.24) is 0 Å². The van der Waals surface area contributed by atoms with Gasteiger partial charge in [-0.05, 0) is 30.2 Å². The van der Waals surface area contributed by atoms with E-state index in [4.69, 9.17) is 4.74 Å². The number of benzene rings is 2. The van der Waals surface area contributed by atoms with Gasteiger partial charge in [-0.3, -0.25) is 10.1 Å². The fraction of sp³-hybridized carbons (Fsp3) is 0.143. The molecule has 0 saturated carbocycles. The lowest BCUT2D eigenvalue weighted by molar-refractivity contribution is -0.385. The Morgan fingerprint density at radius 1 is 1.17 bits per heavy atom. The van der Waals surface area contributed by atoms with Crippen LogP contribution in [0.25, 0.3) is 0 Å². The van der Waals surface area contributed by atoms with Crippen molar-refractivity contribution in [3.05, 3.63) is 64.2 Å². The van der Waals surface area contributed by atoms with Crippen molar-refractivity contribution in [2.45, 2.75) is 13.3 Å². The van der Waals surface area contributed by atoms with Crippen molar-refractivity contribution in [1.29, 1.82) is 0 Å². The maximum absolute atomic E-state index is 10.9. The van der Waals surface area contributed by atoms with E-state index in [9.17, 15) is 10.1 Å². The van der Waals surface area contributed by atoms with Gasteiger partial charge in [0.05, 0.1) is 4.92 Å². The summed E-state index contributed by atoms with van der Waals surface area (Å²) < 4.78 is 5.57. The van der Waals surface area contributed by atoms with Gasteiger partial charge in [0.1, 0.15) is 5.75 Å². The molecule has 0 heterocycles. The molecule has 2 aromatic carbocycles. The molecule has 2 rings (SSSR count). The standard InChI is InChI=1S/C14H13NO3/c1-2-11-8-9-13(15(16)17)14(10-11)18-12-6-4-3-5-7-12/h3-10H,2H2,1H3. The lowest BCUT2D eigenvalue weighted by atomic mass is 10.1. The molecule has 4 heteroatoms. The number of aryl methyl sites for hydroxylation is 1. The second-order valence-corrected chi connectivity index (χ2v) is 3.83. The molecule has 0 saturated heterocycles. The van der Waals surface area contributed by atoms with Crippen LogP contribution in [0.4, 0.5) is 5.69 Å². The number of nitro groups is 1. The second-order valence-electron chi connectivity index (χ2n) is 3.83. The average Bonchev–Trinajstić information content (AvgIpc) is 2.39. The van der Waals surface area contributed by atoms with Crippen molar-refractivity contribution in [3.8, 4) is 11.5 Å². The van der Waals surface area contributed by atoms with Gasteiger partial charge in [0.15, 0.2) is 0 Å². The molecule has 0 amide bonds. The minimum absolute atomic E-state index is 0.0175. The van der Waals surface area contributed by atoms with Crippen LogP contribution in [0, 0.1) is 10.1 Å². The lowest BCUT2D eigenvalue weighted by Crippen LogP contribution is -1.94. The highest BCUT2D eigenvalue weighted by atomic mass is 16.6. The molecule has 18 heavy (non-hydrogen) atoms. The monoisotopic (exact) mass is 243 g/mol. The Labute approximate surface area is 105 Å². The molecule has 0 aliphatic carbocycles. The van der Waals surface area contributed by atoms with E-state index >= 15 is 0 Å². The molecule has 0 atom stereocenters. The summed E-state index contributed by atoms with van der Waals surface area (Å²) in [5, 5.41) is 10.9. The van der Waals surface area contributed by atoms with Crippen molar-refractivity contribution in [2.24, 2.45) is 0 Å². The van der Waals surface area contributed by atoms with Gasteiger partial charge in [0.25, 0.3) is 0 Å². The first kappa shape index (κ1) is 12.1. The van der Waals surface area contributed by atoms with E-state index in [-0.39, 0.29) is 11.4 Å². The van der Waals surface area contributed by atoms with Gasteiger partial charge in [-0.25, -0.2) is 0 Å². The summed E-state index contributed by atoms with van der Waals surface area (Å²) in [6.07, 6.45) is 0.809. The predicted octanol–water partition coefficient (Wildman–Crippen LogP) is 3.95. The third kappa shape index (κ3) is 2.66. The summed E-state index contributed by atoms with van der Waals surface area (Å²) in [6.45, 7) is 1.99. The van der Waals surface area contributed by atoms with E-state index in [0.717, 1.165) is 12.0 Å². The van der Waals surface area contributed by atoms with Crippen molar-refractivity contribution < 1.29 is 9.66 Å². The van der Waals surface area contributed by atoms with E-state index in [1.165, 1.54) is 6.07 Å². The number of rotatable bonds is 4. The molecule has 92 valence electrons. The molecule has 0 aromatic heterocycles. The fourth-order valence-corrected chi connectivity index (χ4v) is 1.63. The molecule has 0 fully saturated rings. The van der Waals surface area contributed by atoms with Crippen LogP contribution in [-0.4, -0.2) is 4.92 Å². The molecule has 0 radical (unpaired) electrons. The van der Waals surface area contributed by atoms with Crippen LogP contribution in [0.5, 0.6) is 11.5 Å². The van der Waals surface area contributed by atoms with E-state index < -0.39 is 4.92 Å². The first-order valence-electron chi connectivity index (χ1n) is 5.71. The van der Waals surface area contributed by atoms with Crippen LogP contribution in [0.2, 0.25) is 0 Å². The van der Waals surface area contributed by atoms with Gasteiger partial charge in [-0.2, -0.15) is 0 Å². The van der Waals surface area contributed by atoms with Crippen LogP contribution in [0.3, 0.4) is 0 Å². The first-order chi connectivity index (χ1) is 8.70. The fourth-order valence-electron chi connectivity index (χ4n) is 1.63. The summed E-state index contributed by atoms with van der Waals surface area (Å²) in [4.78, 5) is 10.5. The van der Waals surface area contributed by atoms with Gasteiger partial charge in [0.2, 0.25) is 5.75 Å². The zero-order valence-corrected chi connectivity index (χ0v) is 10.00. The average molecular weight is 243 g/mol. The molecule has 4 nitrogen and oxygen atoms in total. The van der Waals surface area contributed by atoms with Crippen molar-refractivity contribution in [3.63, 3.8) is 0 Å². The Morgan fingerprint density at radius 2 is 1.89 bits per heavy atom. The molecule has 2 aromatic rings. The van der Waals surface area contributed by atoms with E-state index in [2.05, 4.69) is 0 Å². The predicted molar refractivity (Wildman–Crippen MR) is 69.0 cm³/mol. The summed E-state index contributed by atoms with van der Waals surface area (Å²) in [5.74, 6) is 0.874. The van der Waals surface area contributed by atoms with E-state index in [1.54, 1.807) is 24.3 Å². The Bertz CT molecular complexity index is 552. The third-order valence-electron chi connectivity index (χ3n) is 2.60. The highest BCUT2D eigenvalue weighted by molar-refractivity contribution is 5.50. The smallest absolute Gasteiger partial charge is 0.311 e. The van der Waals surface area contributed by atoms with Gasteiger partial charge in [-0.1, -0.05) is 31.2 Å². The van der Waals surface area contributed by atoms with E-state index in [1.807, 2.05) is 25.1 Å². The van der Waals surface area contributed by atoms with Crippen LogP contribution < -0.4 is 4.74 Å². The van der Waals surface area contributed by atoms with Crippen LogP contribution in [0.1, 0.15) is 12.5 Å². The lowest BCUT2D eigenvalue weighted by Gasteiger charge is -2.07. The molecule has 0 spiro atoms. The highest BCUT2D eigenvalue weighted by Crippen LogP contribution is 2.32. The molecule has 0 N–H and O–H groups in total. The molecule has 0 aliphatic rings. The molecule has 0 unspecified atom stereocenters. The molecule has 0 aliphatic heterocycles. The molecular weight excluding hydrogens is 230 g/mol. The SMILES string of the molecule is CCc1ccc([N+](=O)[O-])c(Oc2ccccc2)c1. The maximum Gasteiger partial charge on any atom is 0.311 e. The minimum Gasteiger partial charge on any atom is -0.450 e. The Morgan fingerprint density at radius 3 is 2.50 bits per heavy atom. The van der Waals surface area contributed by atoms with Gasteiger partial charge in [-0.15, -0.1) is 0 Å². The van der Waals surface area contributed by atoms with Crippen LogP contribution >= 0.6 is 0 Å². The van der Waals surface area contributed by atoms with Gasteiger partial charge in [0, 0.05) is 6.07 Å². The van der Waals surface area contributed by atoms with Gasteiger partial charge >= 0.3 is 5.69 Å². The molecule has 0 bridgehead atoms. The number of hydrogen-bond donors (Lipinski definition) is 0. The molecular formula is C14H13NO3. The highest BCUT2D eigenvalue weighted by Gasteiger charge is 2.15. The summed E-state index contributed by atoms with van der Waals surface area (Å²) in [7, 11) is 0. The van der Waals surface area contributed by atoms with Crippen molar-refractivity contribution >= 4 is 5.69 Å². The Kier molecular flexibility index (Phi) is 3.57. The minimum atomic E-state index is -0.433. The largest absolute Gasteiger partial charge is 0.450 e. The summed E-state index contributed by atoms with van der Waals surface area (Å²) in [6, 6.07) is 14.0. The summed E-state index contributed by atoms with van der Waals surface area (Å²) in [5.41, 5.74) is 0.989. The number of nitrogens with zero attached hydrogens (tertiary/aromatic N) is 1. The Hall–Kier alpha value is -2.36. The first-order valence-corrected chi connectivity index (χ1v) is 5.71. The quantitative estimate of drug-likeness (QED) is 0.603. The van der Waals surface area contributed by atoms with Crippen LogP contribution in [0.15, 0.2) is 48.5 Å². The Balaban J connectivity index is 2.38. The number of nitro benzene ring substituents is 1. The van der Waals surface area contributed by atoms with E-state index in [0.29, 0.717) is 5.75 Å². The van der Waals surface area contributed by atoms with Crippen LogP contribution in [-0.2, 0) is 6.42 Å². The third-order valence-corrected chi connectivity index (χ3v) is 2.60. The zero-order chi connectivity index (χ0) is 13.0. The number of ether oxygens (including phenoxy) is 1. The number of hydrogen-bond acceptors (Lipinski definition) is 3. The zero-order valence-electron chi connectivity index (χ0n) is 10.00. The number of para-hydroxylation sites is 1. The maximum atomic E-state index is 10.9. The topological polar surface area (TPSA) is 52.4 Å². The second kappa shape index (κ2) is 5.31. The van der Waals surface area contributed by atoms with Gasteiger partial charge < -0.3 is 4.74 Å².